The van der Waals surface area contributed by atoms with E-state index in [0.29, 0.717) is 30.4 Å². The van der Waals surface area contributed by atoms with Gasteiger partial charge in [0.15, 0.2) is 23.1 Å². The van der Waals surface area contributed by atoms with Crippen LogP contribution in [0, 0.1) is 5.82 Å². The predicted molar refractivity (Wildman–Crippen MR) is 112 cm³/mol. The molecule has 4 aromatic rings. The Bertz CT molecular complexity index is 1180. The number of nitrogens with zero attached hydrogens (tertiary/aromatic N) is 2. The third kappa shape index (κ3) is 3.75. The fraction of sp³-hybridized carbons (Fsp3) is 0.0909. The number of hydrogen-bond donors (Lipinski definition) is 3. The molecule has 3 heterocycles. The number of fused-ring (bicyclic) bond motifs is 1. The number of halogens is 1. The van der Waals surface area contributed by atoms with Gasteiger partial charge in [0.05, 0.1) is 6.20 Å². The van der Waals surface area contributed by atoms with E-state index in [1.807, 2.05) is 42.6 Å². The van der Waals surface area contributed by atoms with Crippen LogP contribution in [-0.4, -0.2) is 28.2 Å². The highest BCUT2D eigenvalue weighted by Crippen LogP contribution is 2.34. The summed E-state index contributed by atoms with van der Waals surface area (Å²) in [6.07, 6.45) is 3.00. The molecule has 0 spiro atoms. The second kappa shape index (κ2) is 7.75. The lowest BCUT2D eigenvalue weighted by atomic mass is 10.1. The van der Waals surface area contributed by atoms with Crippen molar-refractivity contribution in [1.29, 1.82) is 0 Å². The van der Waals surface area contributed by atoms with Crippen molar-refractivity contribution in [3.8, 4) is 22.8 Å². The minimum atomic E-state index is -0.560. The van der Waals surface area contributed by atoms with Crippen LogP contribution in [0.2, 0.25) is 0 Å². The first-order valence-electron chi connectivity index (χ1n) is 9.45. The van der Waals surface area contributed by atoms with E-state index in [9.17, 15) is 4.39 Å². The molecule has 0 unspecified atom stereocenters. The van der Waals surface area contributed by atoms with E-state index in [0.717, 1.165) is 23.1 Å². The number of H-pyrrole nitrogens is 1. The van der Waals surface area contributed by atoms with Gasteiger partial charge in [-0.1, -0.05) is 12.1 Å². The summed E-state index contributed by atoms with van der Waals surface area (Å²) < 4.78 is 25.4. The van der Waals surface area contributed by atoms with Crippen LogP contribution >= 0.6 is 0 Å². The molecule has 150 valence electrons. The summed E-state index contributed by atoms with van der Waals surface area (Å²) in [7, 11) is 0. The fourth-order valence-corrected chi connectivity index (χ4v) is 3.18. The third-order valence-electron chi connectivity index (χ3n) is 4.58. The molecular formula is C22H18FN5O2. The molecule has 0 bridgehead atoms. The van der Waals surface area contributed by atoms with Gasteiger partial charge in [0.25, 0.3) is 0 Å². The second-order valence-corrected chi connectivity index (χ2v) is 6.66. The highest BCUT2D eigenvalue weighted by Gasteiger charge is 2.14. The molecule has 1 aliphatic heterocycles. The van der Waals surface area contributed by atoms with Crippen LogP contribution in [0.3, 0.4) is 0 Å². The number of nitrogens with one attached hydrogen (secondary N) is 3. The van der Waals surface area contributed by atoms with Crippen LogP contribution in [0.4, 0.5) is 27.5 Å². The molecule has 0 radical (unpaired) electrons. The van der Waals surface area contributed by atoms with E-state index in [1.165, 1.54) is 0 Å². The van der Waals surface area contributed by atoms with Crippen LogP contribution in [0.15, 0.2) is 67.0 Å². The van der Waals surface area contributed by atoms with Crippen molar-refractivity contribution in [2.45, 2.75) is 0 Å². The van der Waals surface area contributed by atoms with E-state index in [-0.39, 0.29) is 11.8 Å². The van der Waals surface area contributed by atoms with E-state index >= 15 is 0 Å². The molecule has 2 aromatic heterocycles. The zero-order valence-electron chi connectivity index (χ0n) is 15.9. The second-order valence-electron chi connectivity index (χ2n) is 6.66. The van der Waals surface area contributed by atoms with Crippen LogP contribution < -0.4 is 20.1 Å². The summed E-state index contributed by atoms with van der Waals surface area (Å²) in [4.78, 5) is 11.5. The van der Waals surface area contributed by atoms with Crippen LogP contribution in [0.5, 0.6) is 11.5 Å². The lowest BCUT2D eigenvalue weighted by Crippen LogP contribution is -2.15. The normalized spacial score (nSPS) is 12.4. The molecule has 7 nitrogen and oxygen atoms in total. The van der Waals surface area contributed by atoms with Crippen LogP contribution in [0.1, 0.15) is 0 Å². The largest absolute Gasteiger partial charge is 0.486 e. The lowest BCUT2D eigenvalue weighted by molar-refractivity contribution is 0.171. The summed E-state index contributed by atoms with van der Waals surface area (Å²) in [6, 6.07) is 17.0. The highest BCUT2D eigenvalue weighted by molar-refractivity contribution is 5.68. The molecule has 0 amide bonds. The van der Waals surface area contributed by atoms with Crippen molar-refractivity contribution in [1.82, 2.24) is 15.0 Å². The summed E-state index contributed by atoms with van der Waals surface area (Å²) >= 11 is 0. The molecule has 3 N–H and O–H groups in total. The van der Waals surface area contributed by atoms with Gasteiger partial charge < -0.3 is 25.1 Å². The third-order valence-corrected chi connectivity index (χ3v) is 4.58. The van der Waals surface area contributed by atoms with Gasteiger partial charge in [-0.3, -0.25) is 0 Å². The lowest BCUT2D eigenvalue weighted by Gasteiger charge is -2.19. The summed E-state index contributed by atoms with van der Waals surface area (Å²) in [6.45, 7) is 0.994. The molecule has 0 fully saturated rings. The molecule has 8 heteroatoms. The smallest absolute Gasteiger partial charge is 0.229 e. The Hall–Kier alpha value is -4.07. The van der Waals surface area contributed by atoms with Gasteiger partial charge in [-0.05, 0) is 42.0 Å². The van der Waals surface area contributed by atoms with Crippen molar-refractivity contribution >= 4 is 23.1 Å². The zero-order valence-corrected chi connectivity index (χ0v) is 15.9. The zero-order chi connectivity index (χ0) is 20.3. The average Bonchev–Trinajstić information content (AvgIpc) is 3.31. The van der Waals surface area contributed by atoms with Gasteiger partial charge in [-0.25, -0.2) is 9.37 Å². The van der Waals surface area contributed by atoms with E-state index in [4.69, 9.17) is 9.47 Å². The predicted octanol–water partition coefficient (Wildman–Crippen LogP) is 4.87. The standard InChI is InChI=1S/C22H18FN5O2/c23-17-13-25-22(27-15-4-1-3-14(11-15)18-5-2-8-24-18)28-21(17)26-16-6-7-19-20(12-16)30-10-9-29-19/h1-8,11-13,24H,9-10H2,(H2,25,26,27,28). The minimum Gasteiger partial charge on any atom is -0.486 e. The number of aromatic amines is 1. The Morgan fingerprint density at radius 1 is 0.900 bits per heavy atom. The first kappa shape index (κ1) is 18.0. The fourth-order valence-electron chi connectivity index (χ4n) is 3.18. The monoisotopic (exact) mass is 403 g/mol. The van der Waals surface area contributed by atoms with E-state index in [2.05, 4.69) is 25.6 Å². The van der Waals surface area contributed by atoms with Crippen molar-refractivity contribution < 1.29 is 13.9 Å². The Morgan fingerprint density at radius 3 is 2.63 bits per heavy atom. The Labute approximate surface area is 171 Å². The maximum atomic E-state index is 14.3. The van der Waals surface area contributed by atoms with E-state index in [1.54, 1.807) is 18.2 Å². The van der Waals surface area contributed by atoms with Gasteiger partial charge in [-0.15, -0.1) is 0 Å². The quantitative estimate of drug-likeness (QED) is 0.441. The van der Waals surface area contributed by atoms with Gasteiger partial charge in [0, 0.05) is 29.3 Å². The number of hydrogen-bond acceptors (Lipinski definition) is 6. The number of ether oxygens (including phenoxy) is 2. The van der Waals surface area contributed by atoms with Crippen molar-refractivity contribution in [2.75, 3.05) is 23.8 Å². The van der Waals surface area contributed by atoms with Crippen molar-refractivity contribution in [3.05, 3.63) is 72.8 Å². The molecule has 1 aliphatic rings. The van der Waals surface area contributed by atoms with Gasteiger partial charge in [0.2, 0.25) is 5.95 Å². The first-order valence-corrected chi connectivity index (χ1v) is 9.45. The number of aromatic nitrogens is 3. The molecule has 0 aliphatic carbocycles. The summed E-state index contributed by atoms with van der Waals surface area (Å²) in [5.41, 5.74) is 3.44. The van der Waals surface area contributed by atoms with Gasteiger partial charge >= 0.3 is 0 Å². The summed E-state index contributed by atoms with van der Waals surface area (Å²) in [5.74, 6) is 1.06. The van der Waals surface area contributed by atoms with Gasteiger partial charge in [0.1, 0.15) is 13.2 Å². The molecule has 0 saturated heterocycles. The minimum absolute atomic E-state index is 0.0599. The highest BCUT2D eigenvalue weighted by atomic mass is 19.1. The SMILES string of the molecule is Fc1cnc(Nc2cccc(-c3ccc[nH]3)c2)nc1Nc1ccc2c(c1)OCCO2. The molecule has 2 aromatic carbocycles. The van der Waals surface area contributed by atoms with E-state index < -0.39 is 5.82 Å². The van der Waals surface area contributed by atoms with Crippen molar-refractivity contribution in [3.63, 3.8) is 0 Å². The first-order chi connectivity index (χ1) is 14.7. The molecule has 30 heavy (non-hydrogen) atoms. The number of benzene rings is 2. The maximum absolute atomic E-state index is 14.3. The van der Waals surface area contributed by atoms with Crippen LogP contribution in [0.25, 0.3) is 11.3 Å². The molecule has 5 rings (SSSR count). The average molecular weight is 403 g/mol. The number of rotatable bonds is 5. The Kier molecular flexibility index (Phi) is 4.65. The van der Waals surface area contributed by atoms with Crippen LogP contribution in [-0.2, 0) is 0 Å². The Morgan fingerprint density at radius 2 is 1.77 bits per heavy atom. The molecular weight excluding hydrogens is 385 g/mol. The van der Waals surface area contributed by atoms with Crippen molar-refractivity contribution in [2.24, 2.45) is 0 Å². The molecule has 0 atom stereocenters. The summed E-state index contributed by atoms with van der Waals surface area (Å²) in [5, 5.41) is 6.10. The Balaban J connectivity index is 1.37. The van der Waals surface area contributed by atoms with Gasteiger partial charge in [-0.2, -0.15) is 4.98 Å². The maximum Gasteiger partial charge on any atom is 0.229 e. The molecule has 0 saturated carbocycles. The number of anilines is 4. The topological polar surface area (TPSA) is 84.1 Å².